The SMILES string of the molecule is CCCNCCCNCCOc1cccc(Cl)c1. The molecule has 102 valence electrons. The van der Waals surface area contributed by atoms with Gasteiger partial charge in [-0.15, -0.1) is 0 Å². The van der Waals surface area contributed by atoms with Crippen LogP contribution in [0.25, 0.3) is 0 Å². The zero-order valence-electron chi connectivity index (χ0n) is 11.0. The fourth-order valence-electron chi connectivity index (χ4n) is 1.56. The van der Waals surface area contributed by atoms with Crippen LogP contribution in [-0.4, -0.2) is 32.8 Å². The van der Waals surface area contributed by atoms with Crippen LogP contribution in [0.4, 0.5) is 0 Å². The van der Waals surface area contributed by atoms with E-state index in [0.717, 1.165) is 38.3 Å². The summed E-state index contributed by atoms with van der Waals surface area (Å²) in [5.74, 6) is 0.828. The maximum atomic E-state index is 5.87. The molecule has 1 aromatic carbocycles. The van der Waals surface area contributed by atoms with Crippen molar-refractivity contribution in [2.75, 3.05) is 32.8 Å². The summed E-state index contributed by atoms with van der Waals surface area (Å²) in [6.07, 6.45) is 2.35. The molecule has 0 aliphatic carbocycles. The van der Waals surface area contributed by atoms with Crippen LogP contribution in [0.15, 0.2) is 24.3 Å². The Balaban J connectivity index is 1.92. The van der Waals surface area contributed by atoms with Gasteiger partial charge in [-0.2, -0.15) is 0 Å². The molecule has 0 heterocycles. The maximum absolute atomic E-state index is 5.87. The fraction of sp³-hybridized carbons (Fsp3) is 0.571. The molecular formula is C14H23ClN2O. The molecule has 1 rings (SSSR count). The first-order chi connectivity index (χ1) is 8.83. The molecule has 0 atom stereocenters. The molecule has 0 aliphatic rings. The minimum absolute atomic E-state index is 0.669. The van der Waals surface area contributed by atoms with Crippen molar-refractivity contribution in [2.45, 2.75) is 19.8 Å². The standard InChI is InChI=1S/C14H23ClN2O/c1-2-7-16-8-4-9-17-10-11-18-14-6-3-5-13(15)12-14/h3,5-6,12,16-17H,2,4,7-11H2,1H3. The van der Waals surface area contributed by atoms with Crippen LogP contribution in [0.5, 0.6) is 5.75 Å². The lowest BCUT2D eigenvalue weighted by Gasteiger charge is -2.08. The Hall–Kier alpha value is -0.770. The highest BCUT2D eigenvalue weighted by Gasteiger charge is 1.94. The zero-order valence-corrected chi connectivity index (χ0v) is 11.8. The van der Waals surface area contributed by atoms with Gasteiger partial charge in [0.2, 0.25) is 0 Å². The van der Waals surface area contributed by atoms with Gasteiger partial charge in [-0.1, -0.05) is 24.6 Å². The predicted molar refractivity (Wildman–Crippen MR) is 77.6 cm³/mol. The monoisotopic (exact) mass is 270 g/mol. The van der Waals surface area contributed by atoms with Gasteiger partial charge in [-0.3, -0.25) is 0 Å². The van der Waals surface area contributed by atoms with Crippen molar-refractivity contribution < 1.29 is 4.74 Å². The van der Waals surface area contributed by atoms with Crippen LogP contribution in [0.3, 0.4) is 0 Å². The molecule has 0 radical (unpaired) electrons. The van der Waals surface area contributed by atoms with E-state index in [2.05, 4.69) is 17.6 Å². The normalized spacial score (nSPS) is 10.6. The lowest BCUT2D eigenvalue weighted by atomic mass is 10.3. The van der Waals surface area contributed by atoms with Gasteiger partial charge in [0.05, 0.1) is 0 Å². The third-order valence-electron chi connectivity index (χ3n) is 2.48. The van der Waals surface area contributed by atoms with E-state index in [1.807, 2.05) is 24.3 Å². The van der Waals surface area contributed by atoms with Crippen LogP contribution in [0.2, 0.25) is 5.02 Å². The number of hydrogen-bond acceptors (Lipinski definition) is 3. The van der Waals surface area contributed by atoms with E-state index in [1.165, 1.54) is 6.42 Å². The van der Waals surface area contributed by atoms with E-state index in [1.54, 1.807) is 0 Å². The largest absolute Gasteiger partial charge is 0.492 e. The Morgan fingerprint density at radius 3 is 2.61 bits per heavy atom. The zero-order chi connectivity index (χ0) is 13.1. The molecule has 0 unspecified atom stereocenters. The summed E-state index contributed by atoms with van der Waals surface area (Å²) >= 11 is 5.87. The van der Waals surface area contributed by atoms with Crippen molar-refractivity contribution in [1.82, 2.24) is 10.6 Å². The summed E-state index contributed by atoms with van der Waals surface area (Å²) in [6.45, 7) is 6.92. The first-order valence-corrected chi connectivity index (χ1v) is 7.00. The molecule has 0 aromatic heterocycles. The quantitative estimate of drug-likeness (QED) is 0.642. The Morgan fingerprint density at radius 2 is 1.89 bits per heavy atom. The Labute approximate surface area is 115 Å². The molecule has 2 N–H and O–H groups in total. The van der Waals surface area contributed by atoms with Gasteiger partial charge in [0.15, 0.2) is 0 Å². The lowest BCUT2D eigenvalue weighted by Crippen LogP contribution is -2.25. The van der Waals surface area contributed by atoms with Gasteiger partial charge in [-0.25, -0.2) is 0 Å². The van der Waals surface area contributed by atoms with Crippen molar-refractivity contribution in [3.05, 3.63) is 29.3 Å². The van der Waals surface area contributed by atoms with Crippen LogP contribution in [-0.2, 0) is 0 Å². The van der Waals surface area contributed by atoms with Gasteiger partial charge in [0, 0.05) is 11.6 Å². The van der Waals surface area contributed by atoms with Crippen molar-refractivity contribution in [3.63, 3.8) is 0 Å². The predicted octanol–water partition coefficient (Wildman–Crippen LogP) is 2.70. The smallest absolute Gasteiger partial charge is 0.120 e. The molecule has 0 amide bonds. The molecule has 4 heteroatoms. The van der Waals surface area contributed by atoms with Crippen molar-refractivity contribution in [1.29, 1.82) is 0 Å². The molecule has 18 heavy (non-hydrogen) atoms. The molecule has 0 fully saturated rings. The molecule has 3 nitrogen and oxygen atoms in total. The topological polar surface area (TPSA) is 33.3 Å². The third-order valence-corrected chi connectivity index (χ3v) is 2.71. The lowest BCUT2D eigenvalue weighted by molar-refractivity contribution is 0.314. The Morgan fingerprint density at radius 1 is 1.11 bits per heavy atom. The second kappa shape index (κ2) is 10.2. The highest BCUT2D eigenvalue weighted by Crippen LogP contribution is 2.16. The number of halogens is 1. The molecule has 0 aliphatic heterocycles. The van der Waals surface area contributed by atoms with Gasteiger partial charge in [-0.05, 0) is 50.7 Å². The van der Waals surface area contributed by atoms with E-state index in [9.17, 15) is 0 Å². The van der Waals surface area contributed by atoms with Gasteiger partial charge >= 0.3 is 0 Å². The summed E-state index contributed by atoms with van der Waals surface area (Å²) in [5.41, 5.74) is 0. The average molecular weight is 271 g/mol. The third kappa shape index (κ3) is 7.54. The first kappa shape index (κ1) is 15.3. The molecule has 0 spiro atoms. The summed E-state index contributed by atoms with van der Waals surface area (Å²) in [5, 5.41) is 7.43. The number of rotatable bonds is 10. The summed E-state index contributed by atoms with van der Waals surface area (Å²) in [7, 11) is 0. The fourth-order valence-corrected chi connectivity index (χ4v) is 1.74. The highest BCUT2D eigenvalue weighted by molar-refractivity contribution is 6.30. The van der Waals surface area contributed by atoms with E-state index in [-0.39, 0.29) is 0 Å². The van der Waals surface area contributed by atoms with Crippen molar-refractivity contribution in [3.8, 4) is 5.75 Å². The van der Waals surface area contributed by atoms with Crippen LogP contribution < -0.4 is 15.4 Å². The second-order valence-electron chi connectivity index (χ2n) is 4.16. The van der Waals surface area contributed by atoms with E-state index in [4.69, 9.17) is 16.3 Å². The molecule has 0 saturated carbocycles. The van der Waals surface area contributed by atoms with Crippen LogP contribution >= 0.6 is 11.6 Å². The minimum atomic E-state index is 0.669. The summed E-state index contributed by atoms with van der Waals surface area (Å²) in [4.78, 5) is 0. The van der Waals surface area contributed by atoms with E-state index < -0.39 is 0 Å². The first-order valence-electron chi connectivity index (χ1n) is 6.62. The minimum Gasteiger partial charge on any atom is -0.492 e. The molecule has 0 saturated heterocycles. The Bertz CT molecular complexity index is 320. The van der Waals surface area contributed by atoms with Gasteiger partial charge < -0.3 is 15.4 Å². The van der Waals surface area contributed by atoms with Crippen molar-refractivity contribution in [2.24, 2.45) is 0 Å². The maximum Gasteiger partial charge on any atom is 0.120 e. The van der Waals surface area contributed by atoms with E-state index in [0.29, 0.717) is 11.6 Å². The summed E-state index contributed by atoms with van der Waals surface area (Å²) in [6, 6.07) is 7.48. The average Bonchev–Trinajstić information content (AvgIpc) is 2.37. The molecule has 1 aromatic rings. The number of nitrogens with one attached hydrogen (secondary N) is 2. The molecule has 0 bridgehead atoms. The van der Waals surface area contributed by atoms with Crippen LogP contribution in [0, 0.1) is 0 Å². The molecular weight excluding hydrogens is 248 g/mol. The number of benzene rings is 1. The summed E-state index contributed by atoms with van der Waals surface area (Å²) < 4.78 is 5.57. The van der Waals surface area contributed by atoms with Crippen molar-refractivity contribution >= 4 is 11.6 Å². The number of ether oxygens (including phenoxy) is 1. The van der Waals surface area contributed by atoms with Gasteiger partial charge in [0.25, 0.3) is 0 Å². The van der Waals surface area contributed by atoms with E-state index >= 15 is 0 Å². The highest BCUT2D eigenvalue weighted by atomic mass is 35.5. The van der Waals surface area contributed by atoms with Crippen LogP contribution in [0.1, 0.15) is 19.8 Å². The number of hydrogen-bond donors (Lipinski definition) is 2. The second-order valence-corrected chi connectivity index (χ2v) is 4.60. The Kier molecular flexibility index (Phi) is 8.65. The van der Waals surface area contributed by atoms with Gasteiger partial charge in [0.1, 0.15) is 12.4 Å².